The lowest BCUT2D eigenvalue weighted by Gasteiger charge is -2.31. The van der Waals surface area contributed by atoms with E-state index >= 15 is 0 Å². The van der Waals surface area contributed by atoms with Crippen LogP contribution in [0, 0.1) is 0 Å². The first-order chi connectivity index (χ1) is 15.9. The van der Waals surface area contributed by atoms with Gasteiger partial charge in [-0.3, -0.25) is 19.8 Å². The quantitative estimate of drug-likeness (QED) is 0.457. The van der Waals surface area contributed by atoms with Crippen LogP contribution >= 0.6 is 23.2 Å². The predicted molar refractivity (Wildman–Crippen MR) is 124 cm³/mol. The lowest BCUT2D eigenvalue weighted by molar-refractivity contribution is -0.131. The molecule has 1 saturated heterocycles. The molecule has 2 aliphatic rings. The highest BCUT2D eigenvalue weighted by Crippen LogP contribution is 2.38. The Bertz CT molecular complexity index is 1140. The van der Waals surface area contributed by atoms with Crippen molar-refractivity contribution in [1.29, 1.82) is 0 Å². The number of carbonyl (C=O) groups excluding carboxylic acids is 3. The highest BCUT2D eigenvalue weighted by molar-refractivity contribution is 6.33. The number of benzene rings is 2. The number of urea groups is 1. The predicted octanol–water partition coefficient (Wildman–Crippen LogP) is 4.99. The van der Waals surface area contributed by atoms with E-state index in [9.17, 15) is 14.4 Å². The van der Waals surface area contributed by atoms with Crippen LogP contribution in [0.3, 0.4) is 0 Å². The minimum Gasteiger partial charge on any atom is -0.493 e. The summed E-state index contributed by atoms with van der Waals surface area (Å²) in [6, 6.07) is 9.58. The Labute approximate surface area is 201 Å². The van der Waals surface area contributed by atoms with E-state index in [1.165, 1.54) is 13.2 Å². The maximum atomic E-state index is 13.0. The molecule has 0 unspecified atom stereocenters. The number of nitrogens with zero attached hydrogens (tertiary/aromatic N) is 1. The minimum atomic E-state index is -0.742. The number of barbiturate groups is 1. The summed E-state index contributed by atoms with van der Waals surface area (Å²) in [5.41, 5.74) is 1.11. The molecule has 2 aromatic rings. The van der Waals surface area contributed by atoms with Gasteiger partial charge in [0.2, 0.25) is 0 Å². The SMILES string of the molecule is COc1cc(/C=C2\C(=O)NC(=O)N(C3CCCC3)C2=O)cc(Cl)c1OCc1ccccc1Cl. The van der Waals surface area contributed by atoms with Gasteiger partial charge >= 0.3 is 6.03 Å². The van der Waals surface area contributed by atoms with Crippen LogP contribution in [0.2, 0.25) is 10.0 Å². The first kappa shape index (κ1) is 23.1. The van der Waals surface area contributed by atoms with Gasteiger partial charge in [-0.15, -0.1) is 0 Å². The maximum absolute atomic E-state index is 13.0. The molecule has 4 amide bonds. The minimum absolute atomic E-state index is 0.135. The largest absolute Gasteiger partial charge is 0.493 e. The zero-order valence-corrected chi connectivity index (χ0v) is 19.4. The normalized spacial score (nSPS) is 18.1. The fraction of sp³-hybridized carbons (Fsp3) is 0.292. The lowest BCUT2D eigenvalue weighted by atomic mass is 10.0. The summed E-state index contributed by atoms with van der Waals surface area (Å²) in [5.74, 6) is -0.713. The average Bonchev–Trinajstić information content (AvgIpc) is 3.30. The van der Waals surface area contributed by atoms with E-state index in [2.05, 4.69) is 5.32 Å². The third kappa shape index (κ3) is 4.84. The van der Waals surface area contributed by atoms with E-state index in [4.69, 9.17) is 32.7 Å². The summed E-state index contributed by atoms with van der Waals surface area (Å²) in [6.45, 7) is 0.176. The maximum Gasteiger partial charge on any atom is 0.331 e. The molecular weight excluding hydrogens is 467 g/mol. The van der Waals surface area contributed by atoms with Crippen LogP contribution in [-0.4, -0.2) is 35.9 Å². The van der Waals surface area contributed by atoms with Crippen molar-refractivity contribution in [1.82, 2.24) is 10.2 Å². The molecule has 1 aliphatic carbocycles. The van der Waals surface area contributed by atoms with E-state index in [0.717, 1.165) is 36.1 Å². The van der Waals surface area contributed by atoms with Gasteiger partial charge in [0, 0.05) is 16.6 Å². The van der Waals surface area contributed by atoms with Crippen LogP contribution in [0.15, 0.2) is 42.0 Å². The summed E-state index contributed by atoms with van der Waals surface area (Å²) in [7, 11) is 1.46. The van der Waals surface area contributed by atoms with Gasteiger partial charge in [0.05, 0.1) is 12.1 Å². The van der Waals surface area contributed by atoms with Crippen LogP contribution in [-0.2, 0) is 16.2 Å². The Morgan fingerprint density at radius 2 is 1.82 bits per heavy atom. The zero-order chi connectivity index (χ0) is 23.5. The second-order valence-corrected chi connectivity index (χ2v) is 8.66. The molecule has 9 heteroatoms. The summed E-state index contributed by atoms with van der Waals surface area (Å²) in [5, 5.41) is 3.07. The summed E-state index contributed by atoms with van der Waals surface area (Å²) in [4.78, 5) is 38.9. The second kappa shape index (κ2) is 9.85. The van der Waals surface area contributed by atoms with Gasteiger partial charge in [-0.05, 0) is 42.7 Å². The van der Waals surface area contributed by atoms with Crippen LogP contribution in [0.25, 0.3) is 6.08 Å². The third-order valence-electron chi connectivity index (χ3n) is 5.72. The average molecular weight is 489 g/mol. The molecule has 0 bridgehead atoms. The van der Waals surface area contributed by atoms with Gasteiger partial charge in [-0.1, -0.05) is 54.2 Å². The summed E-state index contributed by atoms with van der Waals surface area (Å²) in [6.07, 6.45) is 4.75. The number of amides is 4. The van der Waals surface area contributed by atoms with E-state index in [0.29, 0.717) is 22.1 Å². The Kier molecular flexibility index (Phi) is 6.91. The third-order valence-corrected chi connectivity index (χ3v) is 6.37. The van der Waals surface area contributed by atoms with Crippen LogP contribution in [0.1, 0.15) is 36.8 Å². The van der Waals surface area contributed by atoms with Crippen LogP contribution in [0.5, 0.6) is 11.5 Å². The Morgan fingerprint density at radius 3 is 2.52 bits per heavy atom. The fourth-order valence-electron chi connectivity index (χ4n) is 4.06. The molecule has 0 aromatic heterocycles. The molecule has 172 valence electrons. The van der Waals surface area contributed by atoms with Gasteiger partial charge in [0.1, 0.15) is 12.2 Å². The van der Waals surface area contributed by atoms with Gasteiger partial charge in [-0.25, -0.2) is 4.79 Å². The number of nitrogens with one attached hydrogen (secondary N) is 1. The van der Waals surface area contributed by atoms with Gasteiger partial charge in [0.25, 0.3) is 11.8 Å². The van der Waals surface area contributed by atoms with Gasteiger partial charge in [0.15, 0.2) is 11.5 Å². The number of rotatable bonds is 6. The van der Waals surface area contributed by atoms with Crippen molar-refractivity contribution in [3.8, 4) is 11.5 Å². The molecule has 7 nitrogen and oxygen atoms in total. The molecule has 0 spiro atoms. The van der Waals surface area contributed by atoms with E-state index in [-0.39, 0.29) is 23.2 Å². The molecule has 2 aromatic carbocycles. The van der Waals surface area contributed by atoms with Crippen molar-refractivity contribution in [2.45, 2.75) is 38.3 Å². The number of imide groups is 2. The Morgan fingerprint density at radius 1 is 1.09 bits per heavy atom. The lowest BCUT2D eigenvalue weighted by Crippen LogP contribution is -2.57. The van der Waals surface area contributed by atoms with Crippen molar-refractivity contribution >= 4 is 47.1 Å². The molecule has 1 heterocycles. The molecule has 33 heavy (non-hydrogen) atoms. The number of methoxy groups -OCH3 is 1. The Hall–Kier alpha value is -3.03. The van der Waals surface area contributed by atoms with Crippen molar-refractivity contribution in [2.75, 3.05) is 7.11 Å². The summed E-state index contributed by atoms with van der Waals surface area (Å²) < 4.78 is 11.3. The molecule has 4 rings (SSSR count). The second-order valence-electron chi connectivity index (χ2n) is 7.84. The summed E-state index contributed by atoms with van der Waals surface area (Å²) >= 11 is 12.6. The molecule has 1 N–H and O–H groups in total. The number of carbonyl (C=O) groups is 3. The fourth-order valence-corrected chi connectivity index (χ4v) is 4.52. The van der Waals surface area contributed by atoms with Crippen molar-refractivity contribution < 1.29 is 23.9 Å². The highest BCUT2D eigenvalue weighted by atomic mass is 35.5. The van der Waals surface area contributed by atoms with Crippen molar-refractivity contribution in [3.63, 3.8) is 0 Å². The molecule has 1 aliphatic heterocycles. The standard InChI is InChI=1S/C24H22Cl2N2O5/c1-32-20-12-14(11-19(26)21(20)33-13-15-6-2-5-9-18(15)25)10-17-22(29)27-24(31)28(23(17)30)16-7-3-4-8-16/h2,5-6,9-12,16H,3-4,7-8,13H2,1H3,(H,27,29,31)/b17-10+. The number of halogens is 2. The first-order valence-electron chi connectivity index (χ1n) is 10.5. The van der Waals surface area contributed by atoms with Crippen molar-refractivity contribution in [2.24, 2.45) is 0 Å². The number of hydrogen-bond acceptors (Lipinski definition) is 5. The molecule has 0 radical (unpaired) electrons. The smallest absolute Gasteiger partial charge is 0.331 e. The topological polar surface area (TPSA) is 84.9 Å². The number of hydrogen-bond donors (Lipinski definition) is 1. The Balaban J connectivity index is 1.61. The van der Waals surface area contributed by atoms with Gasteiger partial charge < -0.3 is 9.47 Å². The van der Waals surface area contributed by atoms with E-state index < -0.39 is 17.8 Å². The van der Waals surface area contributed by atoms with Crippen LogP contribution < -0.4 is 14.8 Å². The molecular formula is C24H22Cl2N2O5. The molecule has 1 saturated carbocycles. The molecule has 2 fully saturated rings. The first-order valence-corrected chi connectivity index (χ1v) is 11.3. The van der Waals surface area contributed by atoms with Gasteiger partial charge in [-0.2, -0.15) is 0 Å². The van der Waals surface area contributed by atoms with Crippen LogP contribution in [0.4, 0.5) is 4.79 Å². The zero-order valence-electron chi connectivity index (χ0n) is 17.9. The van der Waals surface area contributed by atoms with E-state index in [1.807, 2.05) is 18.2 Å². The number of ether oxygens (including phenoxy) is 2. The van der Waals surface area contributed by atoms with E-state index in [1.54, 1.807) is 18.2 Å². The highest BCUT2D eigenvalue weighted by Gasteiger charge is 2.40. The molecule has 0 atom stereocenters. The van der Waals surface area contributed by atoms with Crippen molar-refractivity contribution in [3.05, 3.63) is 63.1 Å². The monoisotopic (exact) mass is 488 g/mol.